The molecular weight excluding hydrogens is 218 g/mol. The van der Waals surface area contributed by atoms with Crippen LogP contribution >= 0.6 is 0 Å². The Morgan fingerprint density at radius 3 is 2.76 bits per heavy atom. The summed E-state index contributed by atoms with van der Waals surface area (Å²) in [7, 11) is 0. The molecule has 0 aliphatic carbocycles. The molecule has 1 unspecified atom stereocenters. The molecule has 5 nitrogen and oxygen atoms in total. The van der Waals surface area contributed by atoms with E-state index in [0.717, 1.165) is 19.4 Å². The normalized spacial score (nSPS) is 20.5. The van der Waals surface area contributed by atoms with Gasteiger partial charge in [-0.15, -0.1) is 0 Å². The minimum atomic E-state index is -0.0713. The fraction of sp³-hybridized carbons (Fsp3) is 0.833. The number of carbonyl (C=O) groups is 2. The van der Waals surface area contributed by atoms with Gasteiger partial charge in [-0.1, -0.05) is 13.8 Å². The molecule has 1 heterocycles. The summed E-state index contributed by atoms with van der Waals surface area (Å²) in [5, 5.41) is 2.79. The number of likely N-dealkylation sites (tertiary alicyclic amines) is 1. The van der Waals surface area contributed by atoms with Crippen molar-refractivity contribution in [3.8, 4) is 0 Å². The molecule has 0 bridgehead atoms. The lowest BCUT2D eigenvalue weighted by Crippen LogP contribution is -2.47. The Labute approximate surface area is 103 Å². The van der Waals surface area contributed by atoms with Crippen molar-refractivity contribution in [3.63, 3.8) is 0 Å². The number of nitrogens with one attached hydrogen (secondary N) is 1. The standard InChI is InChI=1S/C12H23N3O2/c1-9(2)12(17)15-7-3-4-10(8-15)11(16)14-6-5-13/h9-10H,3-8,13H2,1-2H3,(H,14,16). The van der Waals surface area contributed by atoms with Crippen LogP contribution in [0.15, 0.2) is 0 Å². The molecule has 1 fully saturated rings. The zero-order valence-electron chi connectivity index (χ0n) is 10.7. The topological polar surface area (TPSA) is 75.4 Å². The van der Waals surface area contributed by atoms with Crippen LogP contribution in [-0.2, 0) is 9.59 Å². The van der Waals surface area contributed by atoms with Gasteiger partial charge in [-0.3, -0.25) is 9.59 Å². The van der Waals surface area contributed by atoms with Crippen molar-refractivity contribution in [1.29, 1.82) is 0 Å². The third-order valence-electron chi connectivity index (χ3n) is 3.04. The lowest BCUT2D eigenvalue weighted by molar-refractivity contribution is -0.138. The number of carbonyl (C=O) groups excluding carboxylic acids is 2. The van der Waals surface area contributed by atoms with E-state index in [1.165, 1.54) is 0 Å². The molecular formula is C12H23N3O2. The van der Waals surface area contributed by atoms with Crippen LogP contribution in [0.5, 0.6) is 0 Å². The van der Waals surface area contributed by atoms with Gasteiger partial charge in [-0.05, 0) is 12.8 Å². The molecule has 1 rings (SSSR count). The molecule has 98 valence electrons. The average Bonchev–Trinajstić information content (AvgIpc) is 2.35. The lowest BCUT2D eigenvalue weighted by atomic mass is 9.96. The first-order valence-corrected chi connectivity index (χ1v) is 6.32. The SMILES string of the molecule is CC(C)C(=O)N1CCCC(C(=O)NCCN)C1. The van der Waals surface area contributed by atoms with Crippen LogP contribution in [0.4, 0.5) is 0 Å². The summed E-state index contributed by atoms with van der Waals surface area (Å²) in [6.45, 7) is 6.06. The Hall–Kier alpha value is -1.10. The number of nitrogens with zero attached hydrogens (tertiary/aromatic N) is 1. The number of hydrogen-bond donors (Lipinski definition) is 2. The van der Waals surface area contributed by atoms with E-state index in [1.54, 1.807) is 4.90 Å². The summed E-state index contributed by atoms with van der Waals surface area (Å²) in [4.78, 5) is 25.5. The first-order valence-electron chi connectivity index (χ1n) is 6.32. The molecule has 5 heteroatoms. The molecule has 1 aliphatic rings. The van der Waals surface area contributed by atoms with Crippen molar-refractivity contribution >= 4 is 11.8 Å². The summed E-state index contributed by atoms with van der Waals surface area (Å²) >= 11 is 0. The Bertz CT molecular complexity index is 279. The average molecular weight is 241 g/mol. The molecule has 0 aromatic heterocycles. The van der Waals surface area contributed by atoms with Crippen molar-refractivity contribution in [2.24, 2.45) is 17.6 Å². The molecule has 0 radical (unpaired) electrons. The van der Waals surface area contributed by atoms with Gasteiger partial charge in [0, 0.05) is 32.1 Å². The maximum atomic E-state index is 11.9. The van der Waals surface area contributed by atoms with Crippen molar-refractivity contribution in [1.82, 2.24) is 10.2 Å². The van der Waals surface area contributed by atoms with Gasteiger partial charge in [0.2, 0.25) is 11.8 Å². The first kappa shape index (κ1) is 14.0. The molecule has 2 amide bonds. The highest BCUT2D eigenvalue weighted by atomic mass is 16.2. The third-order valence-corrected chi connectivity index (χ3v) is 3.04. The third kappa shape index (κ3) is 4.00. The molecule has 3 N–H and O–H groups in total. The van der Waals surface area contributed by atoms with E-state index in [0.29, 0.717) is 19.6 Å². The van der Waals surface area contributed by atoms with Crippen molar-refractivity contribution in [3.05, 3.63) is 0 Å². The molecule has 1 aliphatic heterocycles. The molecule has 1 saturated heterocycles. The van der Waals surface area contributed by atoms with E-state index in [4.69, 9.17) is 5.73 Å². The largest absolute Gasteiger partial charge is 0.355 e. The second-order valence-electron chi connectivity index (χ2n) is 4.86. The van der Waals surface area contributed by atoms with Crippen molar-refractivity contribution < 1.29 is 9.59 Å². The molecule has 0 aromatic rings. The summed E-state index contributed by atoms with van der Waals surface area (Å²) in [6, 6.07) is 0. The summed E-state index contributed by atoms with van der Waals surface area (Å²) in [5.41, 5.74) is 5.34. The first-order chi connectivity index (χ1) is 8.06. The quantitative estimate of drug-likeness (QED) is 0.725. The van der Waals surface area contributed by atoms with E-state index < -0.39 is 0 Å². The second-order valence-corrected chi connectivity index (χ2v) is 4.86. The summed E-state index contributed by atoms with van der Waals surface area (Å²) in [6.07, 6.45) is 1.76. The highest BCUT2D eigenvalue weighted by Gasteiger charge is 2.28. The van der Waals surface area contributed by atoms with Gasteiger partial charge in [0.1, 0.15) is 0 Å². The number of hydrogen-bond acceptors (Lipinski definition) is 3. The van der Waals surface area contributed by atoms with Crippen LogP contribution in [0.2, 0.25) is 0 Å². The predicted molar refractivity (Wildman–Crippen MR) is 66.2 cm³/mol. The Morgan fingerprint density at radius 2 is 2.18 bits per heavy atom. The summed E-state index contributed by atoms with van der Waals surface area (Å²) < 4.78 is 0. The van der Waals surface area contributed by atoms with E-state index in [1.807, 2.05) is 13.8 Å². The van der Waals surface area contributed by atoms with Crippen LogP contribution in [0.3, 0.4) is 0 Å². The molecule has 0 saturated carbocycles. The van der Waals surface area contributed by atoms with E-state index in [-0.39, 0.29) is 23.7 Å². The minimum Gasteiger partial charge on any atom is -0.355 e. The smallest absolute Gasteiger partial charge is 0.225 e. The van der Waals surface area contributed by atoms with Gasteiger partial charge >= 0.3 is 0 Å². The number of piperidine rings is 1. The Kier molecular flexibility index (Phi) is 5.41. The molecule has 1 atom stereocenters. The zero-order chi connectivity index (χ0) is 12.8. The number of nitrogens with two attached hydrogens (primary N) is 1. The number of rotatable bonds is 4. The fourth-order valence-corrected chi connectivity index (χ4v) is 2.10. The van der Waals surface area contributed by atoms with Gasteiger partial charge in [-0.25, -0.2) is 0 Å². The van der Waals surface area contributed by atoms with E-state index in [9.17, 15) is 9.59 Å². The van der Waals surface area contributed by atoms with Crippen LogP contribution in [0.25, 0.3) is 0 Å². The Morgan fingerprint density at radius 1 is 1.47 bits per heavy atom. The number of amides is 2. The molecule has 0 aromatic carbocycles. The van der Waals surface area contributed by atoms with Gasteiger partial charge < -0.3 is 16.0 Å². The van der Waals surface area contributed by atoms with Gasteiger partial charge in [-0.2, -0.15) is 0 Å². The molecule has 17 heavy (non-hydrogen) atoms. The molecule has 0 spiro atoms. The van der Waals surface area contributed by atoms with Crippen LogP contribution in [0.1, 0.15) is 26.7 Å². The summed E-state index contributed by atoms with van der Waals surface area (Å²) in [5.74, 6) is 0.0943. The minimum absolute atomic E-state index is 0.000790. The highest BCUT2D eigenvalue weighted by molar-refractivity contribution is 5.82. The Balaban J connectivity index is 2.48. The van der Waals surface area contributed by atoms with Crippen LogP contribution < -0.4 is 11.1 Å². The van der Waals surface area contributed by atoms with Gasteiger partial charge in [0.05, 0.1) is 5.92 Å². The fourth-order valence-electron chi connectivity index (χ4n) is 2.10. The highest BCUT2D eigenvalue weighted by Crippen LogP contribution is 2.18. The van der Waals surface area contributed by atoms with Gasteiger partial charge in [0.15, 0.2) is 0 Å². The van der Waals surface area contributed by atoms with Gasteiger partial charge in [0.25, 0.3) is 0 Å². The lowest BCUT2D eigenvalue weighted by Gasteiger charge is -2.33. The van der Waals surface area contributed by atoms with E-state index in [2.05, 4.69) is 5.32 Å². The second kappa shape index (κ2) is 6.59. The predicted octanol–water partition coefficient (Wildman–Crippen LogP) is -0.0441. The van der Waals surface area contributed by atoms with Crippen molar-refractivity contribution in [2.45, 2.75) is 26.7 Å². The van der Waals surface area contributed by atoms with E-state index >= 15 is 0 Å². The van der Waals surface area contributed by atoms with Crippen LogP contribution in [-0.4, -0.2) is 42.9 Å². The zero-order valence-corrected chi connectivity index (χ0v) is 10.7. The van der Waals surface area contributed by atoms with Crippen LogP contribution in [0, 0.1) is 11.8 Å². The maximum absolute atomic E-state index is 11.9. The van der Waals surface area contributed by atoms with Crippen molar-refractivity contribution in [2.75, 3.05) is 26.2 Å². The maximum Gasteiger partial charge on any atom is 0.225 e. The monoisotopic (exact) mass is 241 g/mol.